The van der Waals surface area contributed by atoms with Crippen molar-refractivity contribution < 1.29 is 28.5 Å². The number of carbonyl (C=O) groups is 1. The van der Waals surface area contributed by atoms with E-state index >= 15 is 0 Å². The lowest BCUT2D eigenvalue weighted by molar-refractivity contribution is -0.0352. The van der Waals surface area contributed by atoms with E-state index in [0.29, 0.717) is 43.9 Å². The van der Waals surface area contributed by atoms with Crippen LogP contribution in [0.2, 0.25) is 0 Å². The molecule has 3 atom stereocenters. The fourth-order valence-electron chi connectivity index (χ4n) is 6.07. The van der Waals surface area contributed by atoms with Gasteiger partial charge in [-0.3, -0.25) is 4.90 Å². The van der Waals surface area contributed by atoms with Crippen molar-refractivity contribution in [3.05, 3.63) is 95.6 Å². The Bertz CT molecular complexity index is 1270. The van der Waals surface area contributed by atoms with Crippen molar-refractivity contribution >= 4 is 6.09 Å². The van der Waals surface area contributed by atoms with Gasteiger partial charge in [0.2, 0.25) is 0 Å². The molecule has 1 heterocycles. The van der Waals surface area contributed by atoms with Crippen LogP contribution in [0, 0.1) is 0 Å². The van der Waals surface area contributed by atoms with Gasteiger partial charge in [-0.1, -0.05) is 79.6 Å². The number of hydrogen-bond donors (Lipinski definition) is 1. The first-order chi connectivity index (χ1) is 21.7. The summed E-state index contributed by atoms with van der Waals surface area (Å²) >= 11 is 0. The van der Waals surface area contributed by atoms with Crippen LogP contribution in [-0.4, -0.2) is 69.2 Å². The maximum Gasteiger partial charge on any atom is 0.407 e. The Labute approximate surface area is 261 Å². The van der Waals surface area contributed by atoms with Gasteiger partial charge in [-0.05, 0) is 54.5 Å². The Balaban J connectivity index is 1.01. The van der Waals surface area contributed by atoms with Crippen LogP contribution in [0.3, 0.4) is 0 Å². The molecule has 1 saturated carbocycles. The third-order valence-electron chi connectivity index (χ3n) is 8.43. The molecule has 0 bridgehead atoms. The molecule has 44 heavy (non-hydrogen) atoms. The van der Waals surface area contributed by atoms with Gasteiger partial charge in [-0.2, -0.15) is 0 Å². The highest BCUT2D eigenvalue weighted by Crippen LogP contribution is 2.31. The number of carbonyl (C=O) groups excluding carboxylic acids is 1. The molecule has 236 valence electrons. The fraction of sp³-hybridized carbons (Fsp3) is 0.472. The number of rotatable bonds is 15. The van der Waals surface area contributed by atoms with Crippen LogP contribution in [0.25, 0.3) is 0 Å². The molecule has 2 fully saturated rings. The van der Waals surface area contributed by atoms with Crippen molar-refractivity contribution in [3.63, 3.8) is 0 Å². The van der Waals surface area contributed by atoms with E-state index in [9.17, 15) is 4.79 Å². The van der Waals surface area contributed by atoms with Crippen molar-refractivity contribution in [2.75, 3.05) is 40.0 Å². The number of hydrogen-bond acceptors (Lipinski definition) is 7. The first kappa shape index (κ1) is 31.8. The predicted molar refractivity (Wildman–Crippen MR) is 170 cm³/mol. The quantitative estimate of drug-likeness (QED) is 0.209. The minimum Gasteiger partial charge on any atom is -0.493 e. The van der Waals surface area contributed by atoms with Gasteiger partial charge in [0.05, 0.1) is 39.1 Å². The Kier molecular flexibility index (Phi) is 12.3. The summed E-state index contributed by atoms with van der Waals surface area (Å²) in [5, 5.41) is 2.72. The van der Waals surface area contributed by atoms with E-state index in [4.69, 9.17) is 23.7 Å². The maximum absolute atomic E-state index is 12.0. The van der Waals surface area contributed by atoms with E-state index in [1.54, 1.807) is 7.11 Å². The smallest absolute Gasteiger partial charge is 0.407 e. The van der Waals surface area contributed by atoms with E-state index in [0.717, 1.165) is 43.5 Å². The lowest BCUT2D eigenvalue weighted by atomic mass is 9.91. The predicted octanol–water partition coefficient (Wildman–Crippen LogP) is 6.16. The van der Waals surface area contributed by atoms with Crippen molar-refractivity contribution in [2.24, 2.45) is 0 Å². The zero-order valence-electron chi connectivity index (χ0n) is 25.8. The molecule has 5 rings (SSSR count). The summed E-state index contributed by atoms with van der Waals surface area (Å²) < 4.78 is 29.5. The van der Waals surface area contributed by atoms with Crippen molar-refractivity contribution in [1.82, 2.24) is 10.2 Å². The number of ether oxygens (including phenoxy) is 5. The van der Waals surface area contributed by atoms with Crippen LogP contribution in [-0.2, 0) is 33.8 Å². The summed E-state index contributed by atoms with van der Waals surface area (Å²) in [5.74, 6) is 1.31. The zero-order chi connectivity index (χ0) is 30.4. The standard InChI is InChI=1S/C36H46N2O6/c1-40-35-24-28(16-17-34(35)42-23-20-37-36(39)44-27-30-12-6-3-7-13-30)19-22-41-33-15-9-8-14-32(33)38-21-18-31(25-38)43-26-29-10-4-2-5-11-29/h2-7,10-13,16-17,24,31-33H,8-9,14-15,18-23,25-27H2,1H3,(H,37,39)/t31-,32?,33+/m1/s1. The molecule has 1 unspecified atom stereocenters. The molecule has 8 nitrogen and oxygen atoms in total. The van der Waals surface area contributed by atoms with E-state index < -0.39 is 6.09 Å². The average Bonchev–Trinajstić information content (AvgIpc) is 3.55. The minimum atomic E-state index is -0.471. The zero-order valence-corrected chi connectivity index (χ0v) is 25.8. The first-order valence-electron chi connectivity index (χ1n) is 15.9. The summed E-state index contributed by atoms with van der Waals surface area (Å²) in [5.41, 5.74) is 3.31. The molecule has 0 spiro atoms. The first-order valence-corrected chi connectivity index (χ1v) is 15.9. The second-order valence-electron chi connectivity index (χ2n) is 11.5. The van der Waals surface area contributed by atoms with Gasteiger partial charge in [0.25, 0.3) is 0 Å². The molecule has 2 aliphatic rings. The van der Waals surface area contributed by atoms with Crippen LogP contribution in [0.1, 0.15) is 48.8 Å². The highest BCUT2D eigenvalue weighted by molar-refractivity contribution is 5.67. The van der Waals surface area contributed by atoms with Gasteiger partial charge in [0, 0.05) is 19.1 Å². The molecule has 8 heteroatoms. The third kappa shape index (κ3) is 9.71. The average molecular weight is 603 g/mol. The number of nitrogens with zero attached hydrogens (tertiary/aromatic N) is 1. The molecule has 3 aromatic rings. The lowest BCUT2D eigenvalue weighted by Gasteiger charge is -2.38. The SMILES string of the molecule is COc1cc(CCO[C@H]2CCCCC2N2CC[C@@H](OCc3ccccc3)C2)ccc1OCCNC(=O)OCc1ccccc1. The number of likely N-dealkylation sites (tertiary alicyclic amines) is 1. The number of alkyl carbamates (subject to hydrolysis) is 1. The molecule has 1 aliphatic carbocycles. The minimum absolute atomic E-state index is 0.233. The number of benzene rings is 3. The van der Waals surface area contributed by atoms with Crippen LogP contribution in [0.5, 0.6) is 11.5 Å². The van der Waals surface area contributed by atoms with Crippen molar-refractivity contribution in [1.29, 1.82) is 0 Å². The number of amides is 1. The molecule has 0 aromatic heterocycles. The Morgan fingerprint density at radius 3 is 2.34 bits per heavy atom. The Hall–Kier alpha value is -3.59. The molecular weight excluding hydrogens is 556 g/mol. The topological polar surface area (TPSA) is 78.5 Å². The molecule has 1 aliphatic heterocycles. The van der Waals surface area contributed by atoms with Crippen LogP contribution in [0.4, 0.5) is 4.79 Å². The van der Waals surface area contributed by atoms with E-state index in [2.05, 4.69) is 40.5 Å². The molecule has 1 saturated heterocycles. The highest BCUT2D eigenvalue weighted by atomic mass is 16.5. The van der Waals surface area contributed by atoms with Crippen LogP contribution in [0.15, 0.2) is 78.9 Å². The summed E-state index contributed by atoms with van der Waals surface area (Å²) in [6.45, 7) is 4.27. The van der Waals surface area contributed by atoms with Gasteiger partial charge in [-0.15, -0.1) is 0 Å². The van der Waals surface area contributed by atoms with Gasteiger partial charge in [0.15, 0.2) is 11.5 Å². The number of nitrogens with one attached hydrogen (secondary N) is 1. The third-order valence-corrected chi connectivity index (χ3v) is 8.43. The van der Waals surface area contributed by atoms with Gasteiger partial charge >= 0.3 is 6.09 Å². The van der Waals surface area contributed by atoms with Gasteiger partial charge in [-0.25, -0.2) is 4.79 Å². The summed E-state index contributed by atoms with van der Waals surface area (Å²) in [7, 11) is 1.64. The summed E-state index contributed by atoms with van der Waals surface area (Å²) in [6, 6.07) is 26.5. The van der Waals surface area contributed by atoms with E-state index in [1.807, 2.05) is 48.5 Å². The van der Waals surface area contributed by atoms with E-state index in [-0.39, 0.29) is 18.8 Å². The molecule has 0 radical (unpaired) electrons. The summed E-state index contributed by atoms with van der Waals surface area (Å²) in [6.07, 6.45) is 6.75. The monoisotopic (exact) mass is 602 g/mol. The molecule has 1 N–H and O–H groups in total. The second-order valence-corrected chi connectivity index (χ2v) is 11.5. The Morgan fingerprint density at radius 1 is 0.818 bits per heavy atom. The maximum atomic E-state index is 12.0. The van der Waals surface area contributed by atoms with E-state index in [1.165, 1.54) is 24.8 Å². The van der Waals surface area contributed by atoms with Crippen molar-refractivity contribution in [2.45, 2.75) is 70.0 Å². The molecule has 3 aromatic carbocycles. The molecule has 1 amide bonds. The normalized spacial score (nSPS) is 20.2. The number of methoxy groups -OCH3 is 1. The second kappa shape index (κ2) is 17.0. The lowest BCUT2D eigenvalue weighted by Crippen LogP contribution is -2.46. The van der Waals surface area contributed by atoms with Gasteiger partial charge < -0.3 is 29.0 Å². The van der Waals surface area contributed by atoms with Crippen LogP contribution >= 0.6 is 0 Å². The van der Waals surface area contributed by atoms with Gasteiger partial charge in [0.1, 0.15) is 13.2 Å². The van der Waals surface area contributed by atoms with Crippen LogP contribution < -0.4 is 14.8 Å². The fourth-order valence-corrected chi connectivity index (χ4v) is 6.07. The molecular formula is C36H46N2O6. The highest BCUT2D eigenvalue weighted by Gasteiger charge is 2.35. The Morgan fingerprint density at radius 2 is 1.57 bits per heavy atom. The largest absolute Gasteiger partial charge is 0.493 e. The summed E-state index contributed by atoms with van der Waals surface area (Å²) in [4.78, 5) is 14.6. The van der Waals surface area contributed by atoms with Crippen molar-refractivity contribution in [3.8, 4) is 11.5 Å².